The minimum atomic E-state index is -0.0644. The van der Waals surface area contributed by atoms with E-state index in [-0.39, 0.29) is 5.91 Å². The van der Waals surface area contributed by atoms with E-state index in [1.165, 1.54) is 25.7 Å². The van der Waals surface area contributed by atoms with Crippen LogP contribution in [0, 0.1) is 0 Å². The molecule has 0 atom stereocenters. The average Bonchev–Trinajstić information content (AvgIpc) is 2.67. The Bertz CT molecular complexity index is 381. The third kappa shape index (κ3) is 3.53. The van der Waals surface area contributed by atoms with Gasteiger partial charge in [0, 0.05) is 18.8 Å². The molecule has 0 spiro atoms. The van der Waals surface area contributed by atoms with Gasteiger partial charge < -0.3 is 11.1 Å². The normalized spacial score (nSPS) is 17.2. The summed E-state index contributed by atoms with van der Waals surface area (Å²) in [6.07, 6.45) is 8.85. The molecule has 0 unspecified atom stereocenters. The predicted molar refractivity (Wildman–Crippen MR) is 71.1 cm³/mol. The molecule has 4 nitrogen and oxygen atoms in total. The third-order valence-corrected chi connectivity index (χ3v) is 3.48. The Morgan fingerprint density at radius 1 is 1.28 bits per heavy atom. The highest BCUT2D eigenvalue weighted by Gasteiger charge is 2.16. The van der Waals surface area contributed by atoms with Crippen LogP contribution >= 0.6 is 0 Å². The lowest BCUT2D eigenvalue weighted by molar-refractivity contribution is 0.0928. The summed E-state index contributed by atoms with van der Waals surface area (Å²) < 4.78 is 0. The molecule has 1 aliphatic carbocycles. The van der Waals surface area contributed by atoms with E-state index in [1.54, 1.807) is 12.3 Å². The second-order valence-corrected chi connectivity index (χ2v) is 4.92. The molecule has 1 amide bonds. The lowest BCUT2D eigenvalue weighted by Gasteiger charge is -2.15. The summed E-state index contributed by atoms with van der Waals surface area (Å²) >= 11 is 0. The summed E-state index contributed by atoms with van der Waals surface area (Å²) in [5.41, 5.74) is 6.93. The fourth-order valence-electron chi connectivity index (χ4n) is 2.36. The van der Waals surface area contributed by atoms with Crippen LogP contribution in [0.15, 0.2) is 18.3 Å². The van der Waals surface area contributed by atoms with Crippen molar-refractivity contribution in [1.82, 2.24) is 10.3 Å². The number of hydrogen-bond donors (Lipinski definition) is 2. The molecule has 4 heteroatoms. The molecule has 0 saturated heterocycles. The minimum Gasteiger partial charge on any atom is -0.348 e. The van der Waals surface area contributed by atoms with Crippen LogP contribution in [0.1, 0.15) is 54.6 Å². The highest BCUT2D eigenvalue weighted by Crippen LogP contribution is 2.17. The van der Waals surface area contributed by atoms with Gasteiger partial charge in [-0.1, -0.05) is 31.7 Å². The SMILES string of the molecule is NCc1ccc(C(=O)NC2CCCCCC2)nc1. The van der Waals surface area contributed by atoms with Gasteiger partial charge in [-0.3, -0.25) is 9.78 Å². The van der Waals surface area contributed by atoms with Gasteiger partial charge in [0.25, 0.3) is 5.91 Å². The van der Waals surface area contributed by atoms with Gasteiger partial charge in [0.15, 0.2) is 0 Å². The quantitative estimate of drug-likeness (QED) is 0.803. The molecule has 18 heavy (non-hydrogen) atoms. The number of amides is 1. The van der Waals surface area contributed by atoms with Gasteiger partial charge in [-0.15, -0.1) is 0 Å². The van der Waals surface area contributed by atoms with E-state index in [9.17, 15) is 4.79 Å². The molecule has 0 aliphatic heterocycles. The first-order valence-electron chi connectivity index (χ1n) is 6.75. The maximum absolute atomic E-state index is 12.0. The molecule has 1 saturated carbocycles. The van der Waals surface area contributed by atoms with Crippen molar-refractivity contribution in [1.29, 1.82) is 0 Å². The number of nitrogens with one attached hydrogen (secondary N) is 1. The highest BCUT2D eigenvalue weighted by atomic mass is 16.1. The molecule has 1 aromatic heterocycles. The van der Waals surface area contributed by atoms with E-state index in [0.717, 1.165) is 18.4 Å². The van der Waals surface area contributed by atoms with E-state index in [4.69, 9.17) is 5.73 Å². The van der Waals surface area contributed by atoms with Crippen molar-refractivity contribution in [2.24, 2.45) is 5.73 Å². The molecule has 1 heterocycles. The number of nitrogens with two attached hydrogens (primary N) is 1. The Morgan fingerprint density at radius 3 is 2.56 bits per heavy atom. The summed E-state index contributed by atoms with van der Waals surface area (Å²) in [6.45, 7) is 0.456. The van der Waals surface area contributed by atoms with Gasteiger partial charge in [0.1, 0.15) is 5.69 Å². The lowest BCUT2D eigenvalue weighted by atomic mass is 10.1. The monoisotopic (exact) mass is 247 g/mol. The second-order valence-electron chi connectivity index (χ2n) is 4.92. The van der Waals surface area contributed by atoms with Crippen LogP contribution in [0.5, 0.6) is 0 Å². The Labute approximate surface area is 108 Å². The molecule has 0 bridgehead atoms. The summed E-state index contributed by atoms with van der Waals surface area (Å²) in [7, 11) is 0. The molecule has 1 aromatic rings. The predicted octanol–water partition coefficient (Wildman–Crippen LogP) is 1.99. The number of carbonyl (C=O) groups is 1. The first kappa shape index (κ1) is 13.0. The molecule has 0 radical (unpaired) electrons. The zero-order chi connectivity index (χ0) is 12.8. The smallest absolute Gasteiger partial charge is 0.270 e. The maximum atomic E-state index is 12.0. The van der Waals surface area contributed by atoms with Crippen molar-refractivity contribution >= 4 is 5.91 Å². The van der Waals surface area contributed by atoms with Crippen LogP contribution in [0.25, 0.3) is 0 Å². The Kier molecular flexibility index (Phi) is 4.70. The van der Waals surface area contributed by atoms with E-state index >= 15 is 0 Å². The first-order chi connectivity index (χ1) is 8.79. The van der Waals surface area contributed by atoms with Gasteiger partial charge in [-0.05, 0) is 24.5 Å². The zero-order valence-electron chi connectivity index (χ0n) is 10.7. The summed E-state index contributed by atoms with van der Waals surface area (Å²) in [5, 5.41) is 3.08. The van der Waals surface area contributed by atoms with Gasteiger partial charge in [0.2, 0.25) is 0 Å². The van der Waals surface area contributed by atoms with Crippen LogP contribution in [0.2, 0.25) is 0 Å². The first-order valence-corrected chi connectivity index (χ1v) is 6.75. The lowest BCUT2D eigenvalue weighted by Crippen LogP contribution is -2.34. The molecule has 0 aromatic carbocycles. The molecule has 98 valence electrons. The van der Waals surface area contributed by atoms with E-state index < -0.39 is 0 Å². The molecule has 1 aliphatic rings. The van der Waals surface area contributed by atoms with Crippen LogP contribution < -0.4 is 11.1 Å². The highest BCUT2D eigenvalue weighted by molar-refractivity contribution is 5.92. The third-order valence-electron chi connectivity index (χ3n) is 3.48. The van der Waals surface area contributed by atoms with Crippen molar-refractivity contribution in [3.63, 3.8) is 0 Å². The van der Waals surface area contributed by atoms with Crippen molar-refractivity contribution in [2.45, 2.75) is 51.1 Å². The number of pyridine rings is 1. The Morgan fingerprint density at radius 2 is 2.00 bits per heavy atom. The fraction of sp³-hybridized carbons (Fsp3) is 0.571. The molecule has 3 N–H and O–H groups in total. The zero-order valence-corrected chi connectivity index (χ0v) is 10.7. The van der Waals surface area contributed by atoms with E-state index in [2.05, 4.69) is 10.3 Å². The van der Waals surface area contributed by atoms with Crippen LogP contribution in [0.4, 0.5) is 0 Å². The van der Waals surface area contributed by atoms with Crippen molar-refractivity contribution in [3.05, 3.63) is 29.6 Å². The number of rotatable bonds is 3. The van der Waals surface area contributed by atoms with Crippen molar-refractivity contribution < 1.29 is 4.79 Å². The summed E-state index contributed by atoms with van der Waals surface area (Å²) in [4.78, 5) is 16.2. The second kappa shape index (κ2) is 6.50. The van der Waals surface area contributed by atoms with Gasteiger partial charge >= 0.3 is 0 Å². The standard InChI is InChI=1S/C14H21N3O/c15-9-11-7-8-13(16-10-11)14(18)17-12-5-3-1-2-4-6-12/h7-8,10,12H,1-6,9,15H2,(H,17,18). The Hall–Kier alpha value is -1.42. The molecule has 1 fully saturated rings. The van der Waals surface area contributed by atoms with E-state index in [1.807, 2.05) is 6.07 Å². The van der Waals surface area contributed by atoms with Crippen LogP contribution in [0.3, 0.4) is 0 Å². The van der Waals surface area contributed by atoms with Crippen LogP contribution in [-0.4, -0.2) is 16.9 Å². The average molecular weight is 247 g/mol. The van der Waals surface area contributed by atoms with Gasteiger partial charge in [-0.25, -0.2) is 0 Å². The summed E-state index contributed by atoms with van der Waals surface area (Å²) in [5.74, 6) is -0.0644. The van der Waals surface area contributed by atoms with Crippen LogP contribution in [-0.2, 0) is 6.54 Å². The maximum Gasteiger partial charge on any atom is 0.270 e. The summed E-state index contributed by atoms with van der Waals surface area (Å²) in [6, 6.07) is 3.92. The number of aromatic nitrogens is 1. The van der Waals surface area contributed by atoms with Gasteiger partial charge in [0.05, 0.1) is 0 Å². The minimum absolute atomic E-state index is 0.0644. The number of hydrogen-bond acceptors (Lipinski definition) is 3. The Balaban J connectivity index is 1.93. The largest absolute Gasteiger partial charge is 0.348 e. The topological polar surface area (TPSA) is 68.0 Å². The van der Waals surface area contributed by atoms with Gasteiger partial charge in [-0.2, -0.15) is 0 Å². The number of nitrogens with zero attached hydrogens (tertiary/aromatic N) is 1. The van der Waals surface area contributed by atoms with Crippen molar-refractivity contribution in [2.75, 3.05) is 0 Å². The van der Waals surface area contributed by atoms with Crippen molar-refractivity contribution in [3.8, 4) is 0 Å². The molecular weight excluding hydrogens is 226 g/mol. The molecular formula is C14H21N3O. The number of carbonyl (C=O) groups excluding carboxylic acids is 1. The van der Waals surface area contributed by atoms with E-state index in [0.29, 0.717) is 18.3 Å². The molecule has 2 rings (SSSR count). The fourth-order valence-corrected chi connectivity index (χ4v) is 2.36.